The fourth-order valence-corrected chi connectivity index (χ4v) is 16.1. The van der Waals surface area contributed by atoms with Crippen LogP contribution in [0.3, 0.4) is 0 Å². The average molecular weight is 1700 g/mol. The summed E-state index contributed by atoms with van der Waals surface area (Å²) < 4.78 is 29.3. The number of carboxylic acid groups (broad SMARTS) is 1. The SMILES string of the molecule is CN(CCCl)CCCl.CN1CCN(c2nn(C)c3cc(B4OC(C)(C)C(C)(C)O4)ccc23)CC1.CN1CCN(c2nn(C)c3cc(Br)ccc23)CC1.Cc1cc2nc(-c3ccc4c(N5CCN(C)CC5)nn(C)c4c3)sc2c(-c2ccc(Cl)cc2)c1[C@H](OC(C)(C)C)C(=O)O.Cl.Cn1nc(N)c2ccc(Br)cc21. The Morgan fingerprint density at radius 3 is 1.47 bits per heavy atom. The summed E-state index contributed by atoms with van der Waals surface area (Å²) in [5, 5.41) is 34.9. The van der Waals surface area contributed by atoms with Crippen molar-refractivity contribution < 1.29 is 23.9 Å². The number of anilines is 4. The van der Waals surface area contributed by atoms with Gasteiger partial charge in [0.25, 0.3) is 0 Å². The van der Waals surface area contributed by atoms with Gasteiger partial charge >= 0.3 is 13.1 Å². The van der Waals surface area contributed by atoms with Crippen molar-refractivity contribution >= 4 is 186 Å². The quantitative estimate of drug-likeness (QED) is 0.0815. The average Bonchev–Trinajstić information content (AvgIpc) is 1.56. The summed E-state index contributed by atoms with van der Waals surface area (Å²) in [6.45, 7) is 30.2. The lowest BCUT2D eigenvalue weighted by Crippen LogP contribution is -2.44. The molecule has 6 aromatic carbocycles. The molecule has 0 aliphatic carbocycles. The summed E-state index contributed by atoms with van der Waals surface area (Å²) in [6, 6.07) is 34.6. The van der Waals surface area contributed by atoms with Gasteiger partial charge in [0.1, 0.15) is 5.01 Å². The van der Waals surface area contributed by atoms with E-state index in [1.807, 2.05) is 126 Å². The first kappa shape index (κ1) is 84.1. The number of hydrogen-bond donors (Lipinski definition) is 2. The molecule has 1 atom stereocenters. The molecule has 4 saturated heterocycles. The molecule has 108 heavy (non-hydrogen) atoms. The van der Waals surface area contributed by atoms with Crippen LogP contribution in [0.15, 0.2) is 112 Å². The summed E-state index contributed by atoms with van der Waals surface area (Å²) in [5.41, 5.74) is 14.7. The van der Waals surface area contributed by atoms with Gasteiger partial charge in [-0.2, -0.15) is 20.4 Å². The van der Waals surface area contributed by atoms with E-state index in [1.54, 1.807) is 16.0 Å². The van der Waals surface area contributed by atoms with E-state index in [1.165, 1.54) is 16.3 Å². The van der Waals surface area contributed by atoms with Gasteiger partial charge in [0.15, 0.2) is 29.4 Å². The molecule has 0 spiro atoms. The molecule has 4 aliphatic heterocycles. The summed E-state index contributed by atoms with van der Waals surface area (Å²) >= 11 is 25.6. The summed E-state index contributed by atoms with van der Waals surface area (Å²) in [6.07, 6.45) is -1.15. The number of carboxylic acids is 1. The number of hydrogen-bond acceptors (Lipinski definition) is 18. The second kappa shape index (κ2) is 35.6. The second-order valence-electron chi connectivity index (χ2n) is 30.1. The number of nitrogens with zero attached hydrogens (tertiary/aromatic N) is 16. The Morgan fingerprint density at radius 1 is 0.611 bits per heavy atom. The van der Waals surface area contributed by atoms with Crippen molar-refractivity contribution in [2.45, 2.75) is 78.3 Å². The molecule has 4 aliphatic rings. The van der Waals surface area contributed by atoms with E-state index in [-0.39, 0.29) is 30.7 Å². The molecular weight excluding hydrogens is 1600 g/mol. The number of carbonyl (C=O) groups is 1. The molecule has 30 heteroatoms. The molecule has 4 fully saturated rings. The number of nitrogens with two attached hydrogens (primary N) is 1. The van der Waals surface area contributed by atoms with E-state index in [9.17, 15) is 9.90 Å². The van der Waals surface area contributed by atoms with Gasteiger partial charge in [-0.15, -0.1) is 46.9 Å². The van der Waals surface area contributed by atoms with Crippen LogP contribution < -0.4 is 25.9 Å². The first-order chi connectivity index (χ1) is 50.7. The largest absolute Gasteiger partial charge is 0.494 e. The Bertz CT molecular complexity index is 4900. The number of piperazine rings is 3. The van der Waals surface area contributed by atoms with E-state index >= 15 is 0 Å². The van der Waals surface area contributed by atoms with E-state index in [4.69, 9.17) is 69.8 Å². The summed E-state index contributed by atoms with van der Waals surface area (Å²) in [5.74, 6) is 4.14. The Labute approximate surface area is 677 Å². The number of aryl methyl sites for hydroxylation is 5. The van der Waals surface area contributed by atoms with E-state index < -0.39 is 17.7 Å². The number of ether oxygens (including phenoxy) is 1. The number of nitrogen functional groups attached to an aromatic ring is 1. The van der Waals surface area contributed by atoms with Crippen molar-refractivity contribution in [3.05, 3.63) is 128 Å². The molecule has 11 aromatic rings. The van der Waals surface area contributed by atoms with Gasteiger partial charge in [-0.1, -0.05) is 67.7 Å². The van der Waals surface area contributed by atoms with Crippen molar-refractivity contribution in [3.63, 3.8) is 0 Å². The summed E-state index contributed by atoms with van der Waals surface area (Å²) in [4.78, 5) is 34.0. The molecule has 0 radical (unpaired) electrons. The van der Waals surface area contributed by atoms with Gasteiger partial charge in [-0.3, -0.25) is 18.7 Å². The molecule has 0 unspecified atom stereocenters. The predicted molar refractivity (Wildman–Crippen MR) is 459 cm³/mol. The standard InChI is InChI=1S/C33H36ClN5O3S.C19H29BN4O2.C13H17BrN4.C8H8BrN3.C5H11Cl2N.ClH/c1-19-17-24-29(27(20-7-10-22(34)11-8-20)26(19)28(32(40)41)42-33(2,3)4)43-31(35-24)21-9-12-23-25(18-21)38(6)36-30(23)39-15-13-37(5)14-16-39;1-18(2)19(3,4)26-20(25-18)14-7-8-15-16(13-14)23(6)21-17(15)24-11-9-22(5)10-12-24;1-16-5-7-18(8-6-16)13-11-4-3-10(14)9-12(11)17(2)15-13;1-12-7-4-5(9)2-3-6(7)8(10)11-12;1-8(4-2-6)5-3-7;/h7-12,17-18,28H,13-16H2,1-6H3,(H,40,41);7-8,13H,9-12H2,1-6H3;3-4,9H,5-8H2,1-2H3;2-4H,1H3,(H2,10,11);2-5H2,1H3;1H/t28-;;;;;/m0...../s1. The molecule has 3 N–H and O–H groups in total. The van der Waals surface area contributed by atoms with Crippen LogP contribution in [0.5, 0.6) is 0 Å². The smallest absolute Gasteiger partial charge is 0.479 e. The molecule has 0 bridgehead atoms. The molecule has 580 valence electrons. The van der Waals surface area contributed by atoms with Crippen LogP contribution in [0, 0.1) is 6.92 Å². The minimum atomic E-state index is -1.15. The van der Waals surface area contributed by atoms with Crippen LogP contribution in [0.4, 0.5) is 23.3 Å². The van der Waals surface area contributed by atoms with Gasteiger partial charge in [-0.05, 0) is 179 Å². The Kier molecular flexibility index (Phi) is 27.7. The maximum atomic E-state index is 12.6. The van der Waals surface area contributed by atoms with Crippen molar-refractivity contribution in [1.29, 1.82) is 0 Å². The van der Waals surface area contributed by atoms with Gasteiger partial charge in [-0.25, -0.2) is 9.78 Å². The lowest BCUT2D eigenvalue weighted by atomic mass is 9.79. The Morgan fingerprint density at radius 2 is 1.02 bits per heavy atom. The summed E-state index contributed by atoms with van der Waals surface area (Å²) in [7, 11) is 16.0. The highest BCUT2D eigenvalue weighted by Gasteiger charge is 2.52. The maximum absolute atomic E-state index is 12.6. The van der Waals surface area contributed by atoms with E-state index in [0.717, 1.165) is 188 Å². The monoisotopic (exact) mass is 1700 g/mol. The molecule has 0 amide bonds. The fourth-order valence-electron chi connectivity index (χ4n) is 13.5. The minimum absolute atomic E-state index is 0. The number of likely N-dealkylation sites (N-methyl/N-ethyl adjacent to an activating group) is 3. The first-order valence-electron chi connectivity index (χ1n) is 36.2. The highest BCUT2D eigenvalue weighted by Crippen LogP contribution is 2.46. The van der Waals surface area contributed by atoms with Crippen molar-refractivity contribution in [2.24, 2.45) is 28.2 Å². The van der Waals surface area contributed by atoms with Crippen LogP contribution in [-0.2, 0) is 47.0 Å². The number of halogens is 6. The van der Waals surface area contributed by atoms with Gasteiger partial charge < -0.3 is 59.2 Å². The zero-order valence-corrected chi connectivity index (χ0v) is 71.9. The molecule has 9 heterocycles. The van der Waals surface area contributed by atoms with Crippen LogP contribution >= 0.6 is 90.4 Å². The van der Waals surface area contributed by atoms with E-state index in [2.05, 4.69) is 180 Å². The topological polar surface area (TPSA) is 198 Å². The lowest BCUT2D eigenvalue weighted by Gasteiger charge is -2.32. The third-order valence-electron chi connectivity index (χ3n) is 20.5. The van der Waals surface area contributed by atoms with Gasteiger partial charge in [0.2, 0.25) is 0 Å². The maximum Gasteiger partial charge on any atom is 0.494 e. The minimum Gasteiger partial charge on any atom is -0.479 e. The number of thiazole rings is 1. The normalized spacial score (nSPS) is 16.6. The Balaban J connectivity index is 0.000000162. The number of benzene rings is 6. The number of alkyl halides is 2. The molecule has 0 saturated carbocycles. The lowest BCUT2D eigenvalue weighted by molar-refractivity contribution is -0.160. The van der Waals surface area contributed by atoms with Crippen LogP contribution in [0.2, 0.25) is 5.02 Å². The molecular formula is C78H102BBr2Cl4N17O5S. The number of fused-ring (bicyclic) bond motifs is 5. The number of aliphatic carboxylic acids is 1. The third kappa shape index (κ3) is 19.4. The zero-order valence-electron chi connectivity index (χ0n) is 64.8. The highest BCUT2D eigenvalue weighted by molar-refractivity contribution is 9.10. The molecule has 15 rings (SSSR count). The van der Waals surface area contributed by atoms with Crippen molar-refractivity contribution in [3.8, 4) is 21.7 Å². The number of aromatic nitrogens is 9. The molecule has 5 aromatic heterocycles. The van der Waals surface area contributed by atoms with Crippen molar-refractivity contribution in [1.82, 2.24) is 63.7 Å². The zero-order chi connectivity index (χ0) is 77.1. The third-order valence-corrected chi connectivity index (χ3v) is 23.2. The highest BCUT2D eigenvalue weighted by atomic mass is 79.9. The first-order valence-corrected chi connectivity index (χ1v) is 40.1. The van der Waals surface area contributed by atoms with Gasteiger partial charge in [0.05, 0.1) is 49.1 Å². The second-order valence-corrected chi connectivity index (χ2v) is 34.1. The van der Waals surface area contributed by atoms with Gasteiger partial charge in [0, 0.05) is 184 Å². The molecule has 22 nitrogen and oxygen atoms in total. The van der Waals surface area contributed by atoms with Crippen LogP contribution in [-0.4, -0.2) is 230 Å². The van der Waals surface area contributed by atoms with Crippen LogP contribution in [0.1, 0.15) is 65.7 Å². The van der Waals surface area contributed by atoms with Crippen molar-refractivity contribution in [2.75, 3.05) is 152 Å². The predicted octanol–water partition coefficient (Wildman–Crippen LogP) is 14.6. The Hall–Kier alpha value is -6.34. The number of rotatable bonds is 13. The van der Waals surface area contributed by atoms with Crippen LogP contribution in [0.25, 0.3) is 75.5 Å². The fraction of sp³-hybridized carbons (Fsp3) is 0.462. The van der Waals surface area contributed by atoms with E-state index in [0.29, 0.717) is 28.2 Å².